The van der Waals surface area contributed by atoms with Gasteiger partial charge in [-0.1, -0.05) is 35.0 Å². The van der Waals surface area contributed by atoms with E-state index >= 15 is 0 Å². The molecule has 3 aliphatic rings. The summed E-state index contributed by atoms with van der Waals surface area (Å²) in [6, 6.07) is 2.01. The Morgan fingerprint density at radius 1 is 1.52 bits per heavy atom. The van der Waals surface area contributed by atoms with E-state index in [1.165, 1.54) is 11.1 Å². The van der Waals surface area contributed by atoms with Crippen molar-refractivity contribution in [3.05, 3.63) is 33.8 Å². The molecule has 5 heteroatoms. The molecule has 0 saturated heterocycles. The Hall–Kier alpha value is -1.04. The van der Waals surface area contributed by atoms with Crippen LogP contribution in [0.2, 0.25) is 0 Å². The van der Waals surface area contributed by atoms with Crippen LogP contribution >= 0.6 is 15.9 Å². The van der Waals surface area contributed by atoms with Crippen molar-refractivity contribution in [1.29, 1.82) is 0 Å². The molecule has 0 fully saturated rings. The van der Waals surface area contributed by atoms with E-state index < -0.39 is 6.10 Å². The molecule has 1 spiro atoms. The Bertz CT molecular complexity index is 675. The van der Waals surface area contributed by atoms with Crippen LogP contribution in [0.1, 0.15) is 30.9 Å². The van der Waals surface area contributed by atoms with Crippen molar-refractivity contribution in [2.45, 2.75) is 43.9 Å². The number of rotatable bonds is 2. The number of aliphatic hydroxyl groups is 1. The lowest BCUT2D eigenvalue weighted by Crippen LogP contribution is -2.43. The molecule has 2 unspecified atom stereocenters. The van der Waals surface area contributed by atoms with Gasteiger partial charge < -0.3 is 14.6 Å². The summed E-state index contributed by atoms with van der Waals surface area (Å²) in [5, 5.41) is 10.1. The van der Waals surface area contributed by atoms with Crippen LogP contribution < -0.4 is 9.47 Å². The maximum atomic E-state index is 10.1. The zero-order valence-corrected chi connectivity index (χ0v) is 15.1. The molecule has 4 nitrogen and oxygen atoms in total. The second-order valence-corrected chi connectivity index (χ2v) is 7.53. The molecule has 0 saturated carbocycles. The summed E-state index contributed by atoms with van der Waals surface area (Å²) in [5.41, 5.74) is 2.40. The average Bonchev–Trinajstić information content (AvgIpc) is 2.77. The molecule has 4 rings (SSSR count). The quantitative estimate of drug-likeness (QED) is 0.802. The number of halogens is 1. The van der Waals surface area contributed by atoms with E-state index in [9.17, 15) is 5.11 Å². The fraction of sp³-hybridized carbons (Fsp3) is 0.556. The van der Waals surface area contributed by atoms with E-state index in [-0.39, 0.29) is 11.5 Å². The minimum absolute atomic E-state index is 0.0174. The van der Waals surface area contributed by atoms with E-state index in [1.54, 1.807) is 7.11 Å². The lowest BCUT2D eigenvalue weighted by atomic mass is 9.69. The first-order chi connectivity index (χ1) is 11.1. The summed E-state index contributed by atoms with van der Waals surface area (Å²) in [7, 11) is 1.68. The van der Waals surface area contributed by atoms with Gasteiger partial charge in [-0.25, -0.2) is 0 Å². The van der Waals surface area contributed by atoms with Crippen molar-refractivity contribution in [1.82, 2.24) is 4.90 Å². The van der Waals surface area contributed by atoms with Gasteiger partial charge in [0, 0.05) is 23.0 Å². The predicted octanol–water partition coefficient (Wildman–Crippen LogP) is 3.00. The Labute approximate surface area is 145 Å². The largest absolute Gasteiger partial charge is 0.493 e. The van der Waals surface area contributed by atoms with Crippen molar-refractivity contribution in [3.8, 4) is 11.5 Å². The normalized spacial score (nSPS) is 32.0. The van der Waals surface area contributed by atoms with Crippen molar-refractivity contribution in [2.75, 3.05) is 20.2 Å². The van der Waals surface area contributed by atoms with E-state index in [0.717, 1.165) is 42.0 Å². The molecule has 0 aromatic heterocycles. The third-order valence-electron chi connectivity index (χ3n) is 5.56. The van der Waals surface area contributed by atoms with Gasteiger partial charge in [0.15, 0.2) is 11.5 Å². The third-order valence-corrected chi connectivity index (χ3v) is 6.27. The van der Waals surface area contributed by atoms with E-state index in [4.69, 9.17) is 9.47 Å². The molecule has 124 valence electrons. The first-order valence-electron chi connectivity index (χ1n) is 8.25. The number of hydrogen-bond donors (Lipinski definition) is 1. The highest BCUT2D eigenvalue weighted by Crippen LogP contribution is 2.57. The van der Waals surface area contributed by atoms with Crippen molar-refractivity contribution >= 4 is 15.9 Å². The fourth-order valence-electron chi connectivity index (χ4n) is 4.29. The lowest BCUT2D eigenvalue weighted by Gasteiger charge is -2.35. The minimum atomic E-state index is -0.427. The van der Waals surface area contributed by atoms with Gasteiger partial charge in [-0.15, -0.1) is 0 Å². The maximum absolute atomic E-state index is 10.1. The topological polar surface area (TPSA) is 41.9 Å². The van der Waals surface area contributed by atoms with Crippen LogP contribution in [-0.2, 0) is 12.0 Å². The highest BCUT2D eigenvalue weighted by atomic mass is 79.9. The third kappa shape index (κ3) is 2.17. The van der Waals surface area contributed by atoms with Crippen LogP contribution in [0.3, 0.4) is 0 Å². The maximum Gasteiger partial charge on any atom is 0.166 e. The van der Waals surface area contributed by atoms with Crippen LogP contribution in [0.5, 0.6) is 11.5 Å². The van der Waals surface area contributed by atoms with Crippen molar-refractivity contribution in [2.24, 2.45) is 0 Å². The summed E-state index contributed by atoms with van der Waals surface area (Å²) in [4.78, 5) is 2.47. The summed E-state index contributed by atoms with van der Waals surface area (Å²) in [6.07, 6.45) is 5.32. The smallest absolute Gasteiger partial charge is 0.166 e. The van der Waals surface area contributed by atoms with Crippen LogP contribution in [0.4, 0.5) is 0 Å². The van der Waals surface area contributed by atoms with Crippen molar-refractivity contribution < 1.29 is 14.6 Å². The summed E-state index contributed by atoms with van der Waals surface area (Å²) >= 11 is 3.74. The van der Waals surface area contributed by atoms with Crippen LogP contribution in [0.15, 0.2) is 22.7 Å². The van der Waals surface area contributed by atoms with Gasteiger partial charge in [0.05, 0.1) is 18.6 Å². The van der Waals surface area contributed by atoms with Gasteiger partial charge >= 0.3 is 0 Å². The molecular weight excluding hydrogens is 358 g/mol. The van der Waals surface area contributed by atoms with Gasteiger partial charge in [-0.2, -0.15) is 0 Å². The molecule has 3 atom stereocenters. The zero-order valence-electron chi connectivity index (χ0n) is 13.5. The number of benzene rings is 1. The second-order valence-electron chi connectivity index (χ2n) is 6.67. The van der Waals surface area contributed by atoms with Gasteiger partial charge in [-0.05, 0) is 31.1 Å². The SMILES string of the molecule is CCN1CCC23C=C[C@H](O)CC2Oc2c(OC)cc(Br)c(c23)C1. The standard InChI is InChI=1S/C18H22BrNO3/c1-3-20-7-6-18-5-4-11(21)8-15(18)23-17-14(22-2)9-13(19)12(10-20)16(17)18/h4-5,9,11,15,21H,3,6-8,10H2,1-2H3/t11-,15?,18?/m0/s1. The monoisotopic (exact) mass is 379 g/mol. The molecule has 2 heterocycles. The first kappa shape index (κ1) is 15.5. The number of hydrogen-bond acceptors (Lipinski definition) is 4. The van der Waals surface area contributed by atoms with Crippen LogP contribution in [0, 0.1) is 0 Å². The molecule has 1 aliphatic carbocycles. The van der Waals surface area contributed by atoms with E-state index in [2.05, 4.69) is 33.8 Å². The van der Waals surface area contributed by atoms with Gasteiger partial charge in [0.1, 0.15) is 6.10 Å². The summed E-state index contributed by atoms with van der Waals surface area (Å²) in [5.74, 6) is 1.64. The average molecular weight is 380 g/mol. The highest BCUT2D eigenvalue weighted by Gasteiger charge is 2.53. The first-order valence-corrected chi connectivity index (χ1v) is 9.04. The molecule has 0 bridgehead atoms. The minimum Gasteiger partial charge on any atom is -0.493 e. The van der Waals surface area contributed by atoms with E-state index in [0.29, 0.717) is 6.42 Å². The molecule has 2 aliphatic heterocycles. The Morgan fingerprint density at radius 3 is 3.09 bits per heavy atom. The number of ether oxygens (including phenoxy) is 2. The fourth-order valence-corrected chi connectivity index (χ4v) is 4.82. The Morgan fingerprint density at radius 2 is 2.35 bits per heavy atom. The van der Waals surface area contributed by atoms with Crippen LogP contribution in [0.25, 0.3) is 0 Å². The molecule has 1 aromatic carbocycles. The Balaban J connectivity index is 1.97. The lowest BCUT2D eigenvalue weighted by molar-refractivity contribution is 0.0813. The molecular formula is C18H22BrNO3. The highest BCUT2D eigenvalue weighted by molar-refractivity contribution is 9.10. The van der Waals surface area contributed by atoms with E-state index in [1.807, 2.05) is 12.1 Å². The van der Waals surface area contributed by atoms with Crippen LogP contribution in [-0.4, -0.2) is 42.4 Å². The predicted molar refractivity (Wildman–Crippen MR) is 92.1 cm³/mol. The number of nitrogens with zero attached hydrogens (tertiary/aromatic N) is 1. The molecule has 0 radical (unpaired) electrons. The molecule has 0 amide bonds. The second kappa shape index (κ2) is 5.50. The summed E-state index contributed by atoms with van der Waals surface area (Å²) < 4.78 is 13.0. The number of methoxy groups -OCH3 is 1. The molecule has 1 N–H and O–H groups in total. The van der Waals surface area contributed by atoms with Gasteiger partial charge in [0.2, 0.25) is 0 Å². The van der Waals surface area contributed by atoms with Gasteiger partial charge in [0.25, 0.3) is 0 Å². The zero-order chi connectivity index (χ0) is 16.2. The van der Waals surface area contributed by atoms with Crippen molar-refractivity contribution in [3.63, 3.8) is 0 Å². The molecule has 1 aromatic rings. The van der Waals surface area contributed by atoms with Gasteiger partial charge in [-0.3, -0.25) is 4.90 Å². The summed E-state index contributed by atoms with van der Waals surface area (Å²) in [6.45, 7) is 5.18. The Kier molecular flexibility index (Phi) is 3.70. The number of aliphatic hydroxyl groups excluding tert-OH is 1. The molecule has 23 heavy (non-hydrogen) atoms.